The van der Waals surface area contributed by atoms with Crippen molar-refractivity contribution in [2.24, 2.45) is 5.92 Å². The third-order valence-electron chi connectivity index (χ3n) is 10.9. The fraction of sp³-hybridized carbons (Fsp3) is 0.936. The van der Waals surface area contributed by atoms with Gasteiger partial charge >= 0.3 is 17.9 Å². The molecule has 0 aromatic rings. The third kappa shape index (κ3) is 39.9. The van der Waals surface area contributed by atoms with Crippen LogP contribution >= 0.6 is 0 Å². The maximum atomic E-state index is 12.7. The summed E-state index contributed by atoms with van der Waals surface area (Å²) in [5.74, 6) is -0.0108. The van der Waals surface area contributed by atoms with Crippen LogP contribution in [-0.4, -0.2) is 37.2 Å². The Labute approximate surface area is 329 Å². The predicted octanol–water partition coefficient (Wildman–Crippen LogP) is 14.7. The van der Waals surface area contributed by atoms with Gasteiger partial charge in [-0.05, 0) is 25.2 Å². The Balaban J connectivity index is 4.31. The van der Waals surface area contributed by atoms with E-state index in [0.717, 1.165) is 63.7 Å². The number of carbonyl (C=O) groups is 3. The van der Waals surface area contributed by atoms with Crippen LogP contribution in [-0.2, 0) is 28.6 Å². The molecule has 0 aliphatic carbocycles. The van der Waals surface area contributed by atoms with Crippen molar-refractivity contribution >= 4 is 17.9 Å². The Morgan fingerprint density at radius 3 is 0.981 bits per heavy atom. The maximum Gasteiger partial charge on any atom is 0.306 e. The summed E-state index contributed by atoms with van der Waals surface area (Å²) in [6, 6.07) is 0. The minimum Gasteiger partial charge on any atom is -0.462 e. The minimum atomic E-state index is -0.759. The Morgan fingerprint density at radius 2 is 0.660 bits per heavy atom. The molecule has 0 fully saturated rings. The van der Waals surface area contributed by atoms with Crippen molar-refractivity contribution in [1.82, 2.24) is 0 Å². The van der Waals surface area contributed by atoms with Crippen LogP contribution in [0, 0.1) is 5.92 Å². The summed E-state index contributed by atoms with van der Waals surface area (Å²) in [4.78, 5) is 37.7. The molecule has 1 unspecified atom stereocenters. The molecule has 6 heteroatoms. The molecular formula is C47H90O6. The zero-order valence-electron chi connectivity index (χ0n) is 36.0. The monoisotopic (exact) mass is 751 g/mol. The third-order valence-corrected chi connectivity index (χ3v) is 10.9. The van der Waals surface area contributed by atoms with Crippen molar-refractivity contribution < 1.29 is 28.6 Å². The fourth-order valence-electron chi connectivity index (χ4n) is 6.95. The van der Waals surface area contributed by atoms with E-state index in [1.807, 2.05) is 0 Å². The molecule has 0 saturated carbocycles. The molecule has 0 heterocycles. The van der Waals surface area contributed by atoms with E-state index in [0.29, 0.717) is 19.3 Å². The van der Waals surface area contributed by atoms with Crippen molar-refractivity contribution in [3.8, 4) is 0 Å². The molecule has 0 N–H and O–H groups in total. The van der Waals surface area contributed by atoms with Gasteiger partial charge in [-0.3, -0.25) is 14.4 Å². The first kappa shape index (κ1) is 51.4. The van der Waals surface area contributed by atoms with Gasteiger partial charge in [0.25, 0.3) is 0 Å². The van der Waals surface area contributed by atoms with E-state index in [2.05, 4.69) is 27.7 Å². The molecule has 0 aliphatic heterocycles. The van der Waals surface area contributed by atoms with E-state index in [1.165, 1.54) is 154 Å². The Morgan fingerprint density at radius 1 is 0.377 bits per heavy atom. The molecule has 0 amide bonds. The van der Waals surface area contributed by atoms with Gasteiger partial charge in [0, 0.05) is 19.3 Å². The zero-order valence-corrected chi connectivity index (χ0v) is 36.0. The Bertz CT molecular complexity index is 798. The number of carbonyl (C=O) groups excluding carboxylic acids is 3. The Hall–Kier alpha value is -1.59. The van der Waals surface area contributed by atoms with Gasteiger partial charge in [-0.25, -0.2) is 0 Å². The lowest BCUT2D eigenvalue weighted by Gasteiger charge is -2.18. The second kappa shape index (κ2) is 41.6. The van der Waals surface area contributed by atoms with Crippen molar-refractivity contribution in [3.05, 3.63) is 0 Å². The van der Waals surface area contributed by atoms with Gasteiger partial charge in [0.05, 0.1) is 0 Å². The number of rotatable bonds is 42. The largest absolute Gasteiger partial charge is 0.462 e. The SMILES string of the molecule is CCCCCCCCCCCCCCCCC(=O)OC[C@H](COC(=O)CCCCCCCCCCC)OC(=O)CCCCCCCCCCC(C)CC. The van der Waals surface area contributed by atoms with Crippen LogP contribution in [0.5, 0.6) is 0 Å². The molecule has 0 aliphatic rings. The first-order valence-electron chi connectivity index (χ1n) is 23.4. The molecule has 0 rings (SSSR count). The number of esters is 3. The minimum absolute atomic E-state index is 0.0640. The average molecular weight is 751 g/mol. The van der Waals surface area contributed by atoms with E-state index in [4.69, 9.17) is 14.2 Å². The number of ether oxygens (including phenoxy) is 3. The maximum absolute atomic E-state index is 12.7. The van der Waals surface area contributed by atoms with Gasteiger partial charge in [-0.15, -0.1) is 0 Å². The van der Waals surface area contributed by atoms with Gasteiger partial charge in [0.1, 0.15) is 13.2 Å². The highest BCUT2D eigenvalue weighted by molar-refractivity contribution is 5.71. The summed E-state index contributed by atoms with van der Waals surface area (Å²) < 4.78 is 16.7. The molecule has 6 nitrogen and oxygen atoms in total. The number of unbranched alkanes of at least 4 members (excludes halogenated alkanes) is 28. The molecule has 0 radical (unpaired) electrons. The highest BCUT2D eigenvalue weighted by Crippen LogP contribution is 2.17. The van der Waals surface area contributed by atoms with Crippen LogP contribution in [0.4, 0.5) is 0 Å². The molecule has 2 atom stereocenters. The van der Waals surface area contributed by atoms with Crippen molar-refractivity contribution in [3.63, 3.8) is 0 Å². The first-order valence-corrected chi connectivity index (χ1v) is 23.4. The highest BCUT2D eigenvalue weighted by atomic mass is 16.6. The standard InChI is InChI=1S/C47H90O6/c1-5-8-10-12-14-16-17-18-19-20-22-27-31-35-39-46(49)52-42-44(41-51-45(48)38-34-30-26-21-15-13-11-9-6-2)53-47(50)40-36-32-28-24-23-25-29-33-37-43(4)7-3/h43-44H,5-42H2,1-4H3/t43?,44-/m0/s1. The van der Waals surface area contributed by atoms with Crippen LogP contribution < -0.4 is 0 Å². The van der Waals surface area contributed by atoms with Crippen molar-refractivity contribution in [1.29, 1.82) is 0 Å². The summed E-state index contributed by atoms with van der Waals surface area (Å²) in [6.45, 7) is 8.99. The molecule has 0 saturated heterocycles. The van der Waals surface area contributed by atoms with E-state index in [1.54, 1.807) is 0 Å². The highest BCUT2D eigenvalue weighted by Gasteiger charge is 2.19. The summed E-state index contributed by atoms with van der Waals surface area (Å²) >= 11 is 0. The van der Waals surface area contributed by atoms with Crippen LogP contribution in [0.3, 0.4) is 0 Å². The summed E-state index contributed by atoms with van der Waals surface area (Å²) in [7, 11) is 0. The smallest absolute Gasteiger partial charge is 0.306 e. The molecular weight excluding hydrogens is 661 g/mol. The quantitative estimate of drug-likeness (QED) is 0.0351. The second-order valence-corrected chi connectivity index (χ2v) is 16.3. The van der Waals surface area contributed by atoms with Gasteiger partial charge < -0.3 is 14.2 Å². The van der Waals surface area contributed by atoms with Gasteiger partial charge in [-0.2, -0.15) is 0 Å². The summed E-state index contributed by atoms with van der Waals surface area (Å²) in [5.41, 5.74) is 0. The number of hydrogen-bond donors (Lipinski definition) is 0. The molecule has 0 bridgehead atoms. The lowest BCUT2D eigenvalue weighted by atomic mass is 9.99. The Kier molecular flexibility index (Phi) is 40.3. The molecule has 0 aromatic carbocycles. The summed E-state index contributed by atoms with van der Waals surface area (Å²) in [6.07, 6.45) is 40.8. The van der Waals surface area contributed by atoms with Crippen LogP contribution in [0.15, 0.2) is 0 Å². The van der Waals surface area contributed by atoms with E-state index < -0.39 is 6.10 Å². The predicted molar refractivity (Wildman–Crippen MR) is 224 cm³/mol. The first-order chi connectivity index (χ1) is 25.9. The molecule has 0 spiro atoms. The van der Waals surface area contributed by atoms with Crippen LogP contribution in [0.2, 0.25) is 0 Å². The molecule has 53 heavy (non-hydrogen) atoms. The second-order valence-electron chi connectivity index (χ2n) is 16.3. The number of hydrogen-bond acceptors (Lipinski definition) is 6. The van der Waals surface area contributed by atoms with Gasteiger partial charge in [0.2, 0.25) is 0 Å². The average Bonchev–Trinajstić information content (AvgIpc) is 3.15. The van der Waals surface area contributed by atoms with E-state index in [-0.39, 0.29) is 31.1 Å². The van der Waals surface area contributed by atoms with Crippen LogP contribution in [0.25, 0.3) is 0 Å². The normalized spacial score (nSPS) is 12.5. The van der Waals surface area contributed by atoms with Crippen LogP contribution in [0.1, 0.15) is 259 Å². The van der Waals surface area contributed by atoms with Gasteiger partial charge in [0.15, 0.2) is 6.10 Å². The zero-order chi connectivity index (χ0) is 38.9. The lowest BCUT2D eigenvalue weighted by Crippen LogP contribution is -2.30. The van der Waals surface area contributed by atoms with Gasteiger partial charge in [-0.1, -0.05) is 220 Å². The molecule has 314 valence electrons. The fourth-order valence-corrected chi connectivity index (χ4v) is 6.95. The lowest BCUT2D eigenvalue weighted by molar-refractivity contribution is -0.167. The van der Waals surface area contributed by atoms with Crippen molar-refractivity contribution in [2.75, 3.05) is 13.2 Å². The van der Waals surface area contributed by atoms with Crippen molar-refractivity contribution in [2.45, 2.75) is 265 Å². The molecule has 0 aromatic heterocycles. The van der Waals surface area contributed by atoms with E-state index >= 15 is 0 Å². The topological polar surface area (TPSA) is 78.9 Å². The summed E-state index contributed by atoms with van der Waals surface area (Å²) in [5, 5.41) is 0. The van der Waals surface area contributed by atoms with E-state index in [9.17, 15) is 14.4 Å².